The fraction of sp³-hybridized carbons (Fsp3) is 0.250. The summed E-state index contributed by atoms with van der Waals surface area (Å²) in [7, 11) is 3.17. The van der Waals surface area contributed by atoms with Crippen molar-refractivity contribution in [3.8, 4) is 28.7 Å². The Hall–Kier alpha value is -3.00. The van der Waals surface area contributed by atoms with Crippen LogP contribution < -0.4 is 14.2 Å². The normalized spacial score (nSPS) is 10.5. The maximum atomic E-state index is 10.8. The number of carbonyl (C=O) groups excluding carboxylic acids is 1. The van der Waals surface area contributed by atoms with Crippen LogP contribution in [0.2, 0.25) is 0 Å². The molecule has 2 aromatic carbocycles. The molecular formula is C20H20N2O5S. The van der Waals surface area contributed by atoms with Crippen molar-refractivity contribution in [2.24, 2.45) is 0 Å². The van der Waals surface area contributed by atoms with Gasteiger partial charge in [-0.25, -0.2) is 0 Å². The Morgan fingerprint density at radius 2 is 1.86 bits per heavy atom. The topological polar surface area (TPSA) is 83.7 Å². The molecule has 0 radical (unpaired) electrons. The van der Waals surface area contributed by atoms with Gasteiger partial charge in [-0.1, -0.05) is 11.8 Å². The summed E-state index contributed by atoms with van der Waals surface area (Å²) in [5, 5.41) is 8.64. The molecule has 0 saturated carbocycles. The molecule has 0 saturated heterocycles. The van der Waals surface area contributed by atoms with Gasteiger partial charge in [-0.2, -0.15) is 0 Å². The molecule has 28 heavy (non-hydrogen) atoms. The summed E-state index contributed by atoms with van der Waals surface area (Å²) in [6, 6.07) is 12.5. The number of benzene rings is 2. The van der Waals surface area contributed by atoms with Crippen molar-refractivity contribution >= 4 is 18.0 Å². The first-order chi connectivity index (χ1) is 13.7. The van der Waals surface area contributed by atoms with Crippen LogP contribution in [0.1, 0.15) is 16.8 Å². The zero-order valence-corrected chi connectivity index (χ0v) is 16.4. The first-order valence-electron chi connectivity index (χ1n) is 8.60. The number of methoxy groups -OCH3 is 2. The molecule has 0 aliphatic heterocycles. The van der Waals surface area contributed by atoms with Crippen molar-refractivity contribution in [1.29, 1.82) is 0 Å². The minimum atomic E-state index is 0.474. The highest BCUT2D eigenvalue weighted by molar-refractivity contribution is 7.99. The number of aldehydes is 1. The predicted molar refractivity (Wildman–Crippen MR) is 106 cm³/mol. The van der Waals surface area contributed by atoms with Gasteiger partial charge in [0.15, 0.2) is 11.5 Å². The lowest BCUT2D eigenvalue weighted by Gasteiger charge is -2.10. The lowest BCUT2D eigenvalue weighted by Crippen LogP contribution is -2.01. The second kappa shape index (κ2) is 9.80. The van der Waals surface area contributed by atoms with Gasteiger partial charge >= 0.3 is 0 Å². The van der Waals surface area contributed by atoms with Crippen LogP contribution in [-0.4, -0.2) is 43.1 Å². The number of carbonyl (C=O) groups is 1. The van der Waals surface area contributed by atoms with Gasteiger partial charge in [0.2, 0.25) is 5.89 Å². The maximum Gasteiger partial charge on any atom is 0.276 e. The summed E-state index contributed by atoms with van der Waals surface area (Å²) in [6.07, 6.45) is 1.55. The fourth-order valence-electron chi connectivity index (χ4n) is 2.40. The summed E-state index contributed by atoms with van der Waals surface area (Å²) >= 11 is 1.47. The van der Waals surface area contributed by atoms with E-state index in [1.807, 2.05) is 24.3 Å². The summed E-state index contributed by atoms with van der Waals surface area (Å²) in [5.74, 6) is 3.16. The SMILES string of the molecule is COc1ccc(-c2nnc(SCCCOc3ccc(C=O)cc3OC)o2)cc1. The molecule has 1 aromatic heterocycles. The van der Waals surface area contributed by atoms with Crippen LogP contribution in [0.3, 0.4) is 0 Å². The second-order valence-electron chi connectivity index (χ2n) is 5.68. The first kappa shape index (κ1) is 19.8. The molecule has 3 rings (SSSR count). The van der Waals surface area contributed by atoms with Crippen LogP contribution in [0, 0.1) is 0 Å². The van der Waals surface area contributed by atoms with E-state index in [1.165, 1.54) is 11.8 Å². The molecule has 0 N–H and O–H groups in total. The number of hydrogen-bond donors (Lipinski definition) is 0. The van der Waals surface area contributed by atoms with E-state index >= 15 is 0 Å². The van der Waals surface area contributed by atoms with Gasteiger partial charge in [0.1, 0.15) is 12.0 Å². The van der Waals surface area contributed by atoms with Crippen molar-refractivity contribution < 1.29 is 23.4 Å². The van der Waals surface area contributed by atoms with E-state index < -0.39 is 0 Å². The van der Waals surface area contributed by atoms with Gasteiger partial charge in [-0.05, 0) is 48.9 Å². The molecule has 8 heteroatoms. The molecule has 3 aromatic rings. The van der Waals surface area contributed by atoms with E-state index in [9.17, 15) is 4.79 Å². The van der Waals surface area contributed by atoms with Crippen molar-refractivity contribution in [3.63, 3.8) is 0 Å². The zero-order valence-electron chi connectivity index (χ0n) is 15.6. The van der Waals surface area contributed by atoms with Crippen LogP contribution in [0.25, 0.3) is 11.5 Å². The molecule has 0 aliphatic rings. The van der Waals surface area contributed by atoms with E-state index in [1.54, 1.807) is 32.4 Å². The highest BCUT2D eigenvalue weighted by Gasteiger charge is 2.10. The Labute approximate surface area is 167 Å². The predicted octanol–water partition coefficient (Wildman–Crippen LogP) is 4.13. The van der Waals surface area contributed by atoms with Crippen LogP contribution in [-0.2, 0) is 0 Å². The largest absolute Gasteiger partial charge is 0.497 e. The molecule has 1 heterocycles. The van der Waals surface area contributed by atoms with Gasteiger partial charge in [0.25, 0.3) is 5.22 Å². The van der Waals surface area contributed by atoms with Crippen LogP contribution >= 0.6 is 11.8 Å². The molecule has 146 valence electrons. The Kier molecular flexibility index (Phi) is 6.91. The number of rotatable bonds is 10. The molecule has 0 atom stereocenters. The van der Waals surface area contributed by atoms with E-state index in [0.29, 0.717) is 34.8 Å². The summed E-state index contributed by atoms with van der Waals surface area (Å²) in [5.41, 5.74) is 1.39. The third kappa shape index (κ3) is 5.04. The minimum absolute atomic E-state index is 0.474. The number of hydrogen-bond acceptors (Lipinski definition) is 8. The highest BCUT2D eigenvalue weighted by Crippen LogP contribution is 2.28. The summed E-state index contributed by atoms with van der Waals surface area (Å²) in [6.45, 7) is 0.503. The molecule has 0 spiro atoms. The van der Waals surface area contributed by atoms with E-state index in [0.717, 1.165) is 29.8 Å². The summed E-state index contributed by atoms with van der Waals surface area (Å²) in [4.78, 5) is 10.8. The third-order valence-corrected chi connectivity index (χ3v) is 4.74. The Bertz CT molecular complexity index is 911. The molecule has 0 fully saturated rings. The fourth-order valence-corrected chi connectivity index (χ4v) is 3.07. The van der Waals surface area contributed by atoms with E-state index in [-0.39, 0.29) is 0 Å². The highest BCUT2D eigenvalue weighted by atomic mass is 32.2. The average molecular weight is 400 g/mol. The molecule has 0 bridgehead atoms. The number of thioether (sulfide) groups is 1. The average Bonchev–Trinajstić information content (AvgIpc) is 3.22. The number of aromatic nitrogens is 2. The Balaban J connectivity index is 1.46. The number of nitrogens with zero attached hydrogens (tertiary/aromatic N) is 2. The second-order valence-corrected chi connectivity index (χ2v) is 6.73. The summed E-state index contributed by atoms with van der Waals surface area (Å²) < 4.78 is 21.8. The Morgan fingerprint density at radius 1 is 1.04 bits per heavy atom. The van der Waals surface area contributed by atoms with E-state index in [4.69, 9.17) is 18.6 Å². The Morgan fingerprint density at radius 3 is 2.57 bits per heavy atom. The van der Waals surface area contributed by atoms with Gasteiger partial charge in [-0.15, -0.1) is 10.2 Å². The van der Waals surface area contributed by atoms with Gasteiger partial charge in [0.05, 0.1) is 20.8 Å². The van der Waals surface area contributed by atoms with Gasteiger partial charge in [-0.3, -0.25) is 4.79 Å². The quantitative estimate of drug-likeness (QED) is 0.285. The van der Waals surface area contributed by atoms with Crippen LogP contribution in [0.4, 0.5) is 0 Å². The zero-order chi connectivity index (χ0) is 19.8. The smallest absolute Gasteiger partial charge is 0.276 e. The maximum absolute atomic E-state index is 10.8. The lowest BCUT2D eigenvalue weighted by atomic mass is 10.2. The van der Waals surface area contributed by atoms with Crippen molar-refractivity contribution in [3.05, 3.63) is 48.0 Å². The van der Waals surface area contributed by atoms with E-state index in [2.05, 4.69) is 10.2 Å². The monoisotopic (exact) mass is 400 g/mol. The lowest BCUT2D eigenvalue weighted by molar-refractivity contribution is 0.112. The van der Waals surface area contributed by atoms with Crippen molar-refractivity contribution in [2.75, 3.05) is 26.6 Å². The molecular weight excluding hydrogens is 380 g/mol. The first-order valence-corrected chi connectivity index (χ1v) is 9.59. The third-order valence-electron chi connectivity index (χ3n) is 3.84. The molecule has 0 amide bonds. The van der Waals surface area contributed by atoms with Crippen molar-refractivity contribution in [2.45, 2.75) is 11.6 Å². The number of ether oxygens (including phenoxy) is 3. The van der Waals surface area contributed by atoms with Crippen LogP contribution in [0.5, 0.6) is 17.2 Å². The van der Waals surface area contributed by atoms with Crippen molar-refractivity contribution in [1.82, 2.24) is 10.2 Å². The van der Waals surface area contributed by atoms with Gasteiger partial charge < -0.3 is 18.6 Å². The van der Waals surface area contributed by atoms with Gasteiger partial charge in [0, 0.05) is 16.9 Å². The molecule has 0 unspecified atom stereocenters. The molecule has 0 aliphatic carbocycles. The molecule has 7 nitrogen and oxygen atoms in total. The standard InChI is InChI=1S/C20H20N2O5S/c1-24-16-7-5-15(6-8-16)19-21-22-20(27-19)28-11-3-10-26-17-9-4-14(13-23)12-18(17)25-2/h4-9,12-13H,3,10-11H2,1-2H3. The van der Waals surface area contributed by atoms with Crippen LogP contribution in [0.15, 0.2) is 52.1 Å². The minimum Gasteiger partial charge on any atom is -0.497 e.